The quantitative estimate of drug-likeness (QED) is 0.504. The van der Waals surface area contributed by atoms with Crippen molar-refractivity contribution in [2.75, 3.05) is 7.11 Å². The van der Waals surface area contributed by atoms with Crippen molar-refractivity contribution in [3.05, 3.63) is 0 Å². The molecule has 0 atom stereocenters. The van der Waals surface area contributed by atoms with Crippen molar-refractivity contribution in [3.8, 4) is 0 Å². The molecule has 0 saturated heterocycles. The summed E-state index contributed by atoms with van der Waals surface area (Å²) in [4.78, 5) is 0. The van der Waals surface area contributed by atoms with Crippen molar-refractivity contribution in [3.63, 3.8) is 0 Å². The molecule has 0 amide bonds. The van der Waals surface area contributed by atoms with Gasteiger partial charge in [-0.15, -0.1) is 0 Å². The molecule has 0 fully saturated rings. The minimum absolute atomic E-state index is 0.866. The van der Waals surface area contributed by atoms with E-state index in [0.717, 1.165) is 10.9 Å². The fraction of sp³-hybridized carbons (Fsp3) is 1.00. The second kappa shape index (κ2) is 9.65. The van der Waals surface area contributed by atoms with Crippen LogP contribution < -0.4 is 0 Å². The first-order chi connectivity index (χ1) is 5.81. The van der Waals surface area contributed by atoms with Crippen LogP contribution in [0.2, 0.25) is 4.44 Å². The zero-order valence-electron chi connectivity index (χ0n) is 8.27. The third-order valence-corrected chi connectivity index (χ3v) is 5.44. The van der Waals surface area contributed by atoms with Crippen molar-refractivity contribution in [2.45, 2.75) is 49.9 Å². The van der Waals surface area contributed by atoms with Crippen LogP contribution in [0.5, 0.6) is 0 Å². The molecule has 0 aromatic rings. The molecule has 3 heteroatoms. The van der Waals surface area contributed by atoms with Crippen LogP contribution in [0.15, 0.2) is 0 Å². The summed E-state index contributed by atoms with van der Waals surface area (Å²) in [6, 6.07) is 0. The summed E-state index contributed by atoms with van der Waals surface area (Å²) in [5.41, 5.74) is 0. The van der Waals surface area contributed by atoms with E-state index in [1.54, 1.807) is 7.11 Å². The van der Waals surface area contributed by atoms with Gasteiger partial charge >= 0.3 is 83.3 Å². The van der Waals surface area contributed by atoms with E-state index < -0.39 is 20.2 Å². The topological polar surface area (TPSA) is 26.3 Å². The molecule has 72 valence electrons. The van der Waals surface area contributed by atoms with Gasteiger partial charge in [-0.1, -0.05) is 0 Å². The Morgan fingerprint density at radius 1 is 1.08 bits per heavy atom. The van der Waals surface area contributed by atoms with E-state index >= 15 is 0 Å². The van der Waals surface area contributed by atoms with Crippen LogP contribution in [0.3, 0.4) is 0 Å². The van der Waals surface area contributed by atoms with Gasteiger partial charge in [-0.3, -0.25) is 0 Å². The maximum absolute atomic E-state index is 11.0. The minimum atomic E-state index is -2.49. The molecule has 0 aromatic carbocycles. The maximum atomic E-state index is 11.0. The van der Waals surface area contributed by atoms with Gasteiger partial charge in [-0.2, -0.15) is 0 Å². The van der Waals surface area contributed by atoms with Crippen LogP contribution in [-0.4, -0.2) is 27.3 Å². The van der Waals surface area contributed by atoms with E-state index in [1.807, 2.05) is 0 Å². The Balaban J connectivity index is 2.95. The van der Waals surface area contributed by atoms with Crippen LogP contribution in [-0.2, 0) is 6.15 Å². The van der Waals surface area contributed by atoms with Gasteiger partial charge < -0.3 is 0 Å². The van der Waals surface area contributed by atoms with Crippen LogP contribution in [0, 0.1) is 0 Å². The molecule has 2 nitrogen and oxygen atoms in total. The standard InChI is InChI=1S/C8H17.CH3O.O.Sn/c1-3-5-7-8-6-4-2;1-2;;/h1,3-8H2,2H3;1H3;;/q;-1;;+1. The molecule has 0 aliphatic rings. The van der Waals surface area contributed by atoms with Crippen molar-refractivity contribution < 1.29 is 6.15 Å². The van der Waals surface area contributed by atoms with Gasteiger partial charge in [-0.25, -0.2) is 0 Å². The molecular weight excluding hydrogens is 259 g/mol. The van der Waals surface area contributed by atoms with Crippen LogP contribution in [0.4, 0.5) is 0 Å². The fourth-order valence-electron chi connectivity index (χ4n) is 1.15. The molecule has 0 saturated carbocycles. The molecule has 0 spiro atoms. The zero-order chi connectivity index (χ0) is 9.23. The monoisotopic (exact) mass is 280 g/mol. The van der Waals surface area contributed by atoms with Gasteiger partial charge in [0.15, 0.2) is 0 Å². The van der Waals surface area contributed by atoms with Gasteiger partial charge in [-0.05, 0) is 0 Å². The summed E-state index contributed by atoms with van der Waals surface area (Å²) in [6.07, 6.45) is 7.61. The number of hydrogen-bond donors (Lipinski definition) is 0. The summed E-state index contributed by atoms with van der Waals surface area (Å²) in [5.74, 6) is 0. The van der Waals surface area contributed by atoms with Crippen molar-refractivity contribution in [1.82, 2.24) is 0 Å². The molecule has 0 unspecified atom stereocenters. The fourth-order valence-corrected chi connectivity index (χ4v) is 3.27. The average molecular weight is 279 g/mol. The molecule has 0 aromatic heterocycles. The van der Waals surface area contributed by atoms with Crippen LogP contribution in [0.25, 0.3) is 0 Å². The van der Waals surface area contributed by atoms with Crippen LogP contribution >= 0.6 is 0 Å². The number of unbranched alkanes of at least 4 members (excludes halogenated alkanes) is 5. The summed E-state index contributed by atoms with van der Waals surface area (Å²) in [6.45, 7) is 2.22. The van der Waals surface area contributed by atoms with Crippen molar-refractivity contribution in [1.29, 1.82) is 0 Å². The van der Waals surface area contributed by atoms with Crippen LogP contribution in [0.1, 0.15) is 45.4 Å². The summed E-state index contributed by atoms with van der Waals surface area (Å²) in [7, 11) is 1.57. The van der Waals surface area contributed by atoms with Gasteiger partial charge in [0.2, 0.25) is 0 Å². The SMILES string of the molecule is CCCCCCC[CH2][Sn](=[O])[O]C. The normalized spacial score (nSPS) is 10.2. The third-order valence-electron chi connectivity index (χ3n) is 1.96. The number of rotatable bonds is 8. The molecule has 0 aliphatic heterocycles. The first-order valence-corrected chi connectivity index (χ1v) is 9.23. The Morgan fingerprint density at radius 2 is 1.67 bits per heavy atom. The Kier molecular flexibility index (Phi) is 10.1. The first-order valence-electron chi connectivity index (χ1n) is 4.88. The van der Waals surface area contributed by atoms with E-state index in [-0.39, 0.29) is 0 Å². The molecule has 0 rings (SSSR count). The second-order valence-corrected chi connectivity index (χ2v) is 7.81. The zero-order valence-corrected chi connectivity index (χ0v) is 11.1. The predicted octanol–water partition coefficient (Wildman–Crippen LogP) is 2.91. The summed E-state index contributed by atoms with van der Waals surface area (Å²) in [5, 5.41) is 0. The Morgan fingerprint density at radius 3 is 2.25 bits per heavy atom. The molecule has 0 N–H and O–H groups in total. The van der Waals surface area contributed by atoms with E-state index in [1.165, 1.54) is 32.1 Å². The van der Waals surface area contributed by atoms with E-state index in [2.05, 4.69) is 6.92 Å². The first kappa shape index (κ1) is 12.6. The van der Waals surface area contributed by atoms with Gasteiger partial charge in [0, 0.05) is 0 Å². The van der Waals surface area contributed by atoms with Gasteiger partial charge in [0.05, 0.1) is 0 Å². The molecule has 0 radical (unpaired) electrons. The summed E-state index contributed by atoms with van der Waals surface area (Å²) >= 11 is -2.49. The second-order valence-electron chi connectivity index (χ2n) is 3.09. The molecule has 0 bridgehead atoms. The molecule has 0 heterocycles. The van der Waals surface area contributed by atoms with Gasteiger partial charge in [0.1, 0.15) is 0 Å². The predicted molar refractivity (Wildman–Crippen MR) is 51.6 cm³/mol. The molecule has 0 aliphatic carbocycles. The average Bonchev–Trinajstić information content (AvgIpc) is 2.10. The Hall–Kier alpha value is 0.559. The van der Waals surface area contributed by atoms with E-state index in [4.69, 9.17) is 3.07 Å². The summed E-state index contributed by atoms with van der Waals surface area (Å²) < 4.78 is 16.6. The Bertz CT molecular complexity index is 115. The van der Waals surface area contributed by atoms with E-state index in [9.17, 15) is 3.08 Å². The van der Waals surface area contributed by atoms with Gasteiger partial charge in [0.25, 0.3) is 0 Å². The molecule has 12 heavy (non-hydrogen) atoms. The van der Waals surface area contributed by atoms with E-state index in [0.29, 0.717) is 0 Å². The van der Waals surface area contributed by atoms with Crippen molar-refractivity contribution in [2.24, 2.45) is 0 Å². The van der Waals surface area contributed by atoms with Crippen molar-refractivity contribution >= 4 is 20.2 Å². The third kappa shape index (κ3) is 8.65. The Labute approximate surface area is 83.4 Å². The molecular formula is C9H20O2Sn. The number of hydrogen-bond acceptors (Lipinski definition) is 2.